The molecule has 2 aromatic carbocycles. The van der Waals surface area contributed by atoms with E-state index in [0.29, 0.717) is 35.2 Å². The van der Waals surface area contributed by atoms with E-state index in [2.05, 4.69) is 31.4 Å². The zero-order chi connectivity index (χ0) is 19.8. The Morgan fingerprint density at radius 1 is 1.07 bits per heavy atom. The van der Waals surface area contributed by atoms with Crippen molar-refractivity contribution in [3.05, 3.63) is 53.6 Å². The standard InChI is InChI=1S/C22H28N2O3/c1-5-6-13-23-22(26)20-14-18(24-16(4)25)9-12-21(20)27-19-10-7-17(8-11-19)15(2)3/h7-12,14-15H,5-6,13H2,1-4H3,(H,23,26)(H,24,25). The summed E-state index contributed by atoms with van der Waals surface area (Å²) in [5.41, 5.74) is 2.18. The van der Waals surface area contributed by atoms with Gasteiger partial charge in [0, 0.05) is 19.2 Å². The molecule has 144 valence electrons. The Morgan fingerprint density at radius 2 is 1.78 bits per heavy atom. The first-order valence-corrected chi connectivity index (χ1v) is 9.38. The Kier molecular flexibility index (Phi) is 7.41. The minimum atomic E-state index is -0.218. The second-order valence-electron chi connectivity index (χ2n) is 6.83. The highest BCUT2D eigenvalue weighted by atomic mass is 16.5. The van der Waals surface area contributed by atoms with E-state index in [9.17, 15) is 9.59 Å². The summed E-state index contributed by atoms with van der Waals surface area (Å²) in [6.45, 7) is 8.37. The number of ether oxygens (including phenoxy) is 1. The highest BCUT2D eigenvalue weighted by molar-refractivity contribution is 5.99. The lowest BCUT2D eigenvalue weighted by molar-refractivity contribution is -0.114. The molecule has 2 amide bonds. The van der Waals surface area contributed by atoms with Gasteiger partial charge in [-0.15, -0.1) is 0 Å². The average Bonchev–Trinajstić information content (AvgIpc) is 2.63. The summed E-state index contributed by atoms with van der Waals surface area (Å²) in [5.74, 6) is 1.15. The number of benzene rings is 2. The highest BCUT2D eigenvalue weighted by Gasteiger charge is 2.15. The fourth-order valence-electron chi connectivity index (χ4n) is 2.60. The Morgan fingerprint density at radius 3 is 2.37 bits per heavy atom. The van der Waals surface area contributed by atoms with E-state index in [-0.39, 0.29) is 11.8 Å². The summed E-state index contributed by atoms with van der Waals surface area (Å²) >= 11 is 0. The summed E-state index contributed by atoms with van der Waals surface area (Å²) in [4.78, 5) is 23.9. The molecule has 27 heavy (non-hydrogen) atoms. The van der Waals surface area contributed by atoms with Gasteiger partial charge in [0.05, 0.1) is 5.56 Å². The normalized spacial score (nSPS) is 10.6. The zero-order valence-corrected chi connectivity index (χ0v) is 16.5. The smallest absolute Gasteiger partial charge is 0.255 e. The zero-order valence-electron chi connectivity index (χ0n) is 16.5. The lowest BCUT2D eigenvalue weighted by atomic mass is 10.0. The maximum absolute atomic E-state index is 12.6. The van der Waals surface area contributed by atoms with Gasteiger partial charge in [-0.3, -0.25) is 9.59 Å². The number of hydrogen-bond donors (Lipinski definition) is 2. The fourth-order valence-corrected chi connectivity index (χ4v) is 2.60. The van der Waals surface area contributed by atoms with Gasteiger partial charge in [-0.25, -0.2) is 0 Å². The van der Waals surface area contributed by atoms with Crippen molar-refractivity contribution in [1.29, 1.82) is 0 Å². The molecule has 0 aliphatic rings. The van der Waals surface area contributed by atoms with Crippen LogP contribution in [-0.4, -0.2) is 18.4 Å². The van der Waals surface area contributed by atoms with Gasteiger partial charge in [0.1, 0.15) is 11.5 Å². The van der Waals surface area contributed by atoms with Crippen LogP contribution in [0.5, 0.6) is 11.5 Å². The third-order valence-corrected chi connectivity index (χ3v) is 4.14. The molecule has 0 atom stereocenters. The number of anilines is 1. The van der Waals surface area contributed by atoms with Crippen LogP contribution in [0.25, 0.3) is 0 Å². The van der Waals surface area contributed by atoms with Crippen LogP contribution >= 0.6 is 0 Å². The molecule has 0 saturated carbocycles. The van der Waals surface area contributed by atoms with E-state index in [1.165, 1.54) is 12.5 Å². The molecule has 5 heteroatoms. The van der Waals surface area contributed by atoms with Crippen molar-refractivity contribution in [3.63, 3.8) is 0 Å². The monoisotopic (exact) mass is 368 g/mol. The summed E-state index contributed by atoms with van der Waals surface area (Å²) in [7, 11) is 0. The van der Waals surface area contributed by atoms with Crippen molar-refractivity contribution in [3.8, 4) is 11.5 Å². The van der Waals surface area contributed by atoms with Gasteiger partial charge in [-0.1, -0.05) is 39.3 Å². The van der Waals surface area contributed by atoms with E-state index in [4.69, 9.17) is 4.74 Å². The molecule has 0 unspecified atom stereocenters. The van der Waals surface area contributed by atoms with E-state index >= 15 is 0 Å². The molecule has 0 bridgehead atoms. The third-order valence-electron chi connectivity index (χ3n) is 4.14. The topological polar surface area (TPSA) is 67.4 Å². The van der Waals surface area contributed by atoms with Gasteiger partial charge in [0.25, 0.3) is 5.91 Å². The van der Waals surface area contributed by atoms with Crippen molar-refractivity contribution in [2.75, 3.05) is 11.9 Å². The molecule has 0 heterocycles. The first-order chi connectivity index (χ1) is 12.9. The molecule has 0 saturated heterocycles. The number of amides is 2. The summed E-state index contributed by atoms with van der Waals surface area (Å²) in [6, 6.07) is 12.9. The van der Waals surface area contributed by atoms with Crippen molar-refractivity contribution < 1.29 is 14.3 Å². The first-order valence-electron chi connectivity index (χ1n) is 9.38. The van der Waals surface area contributed by atoms with Crippen LogP contribution in [0.3, 0.4) is 0 Å². The van der Waals surface area contributed by atoms with Crippen LogP contribution in [-0.2, 0) is 4.79 Å². The molecule has 5 nitrogen and oxygen atoms in total. The van der Waals surface area contributed by atoms with Crippen molar-refractivity contribution in [1.82, 2.24) is 5.32 Å². The van der Waals surface area contributed by atoms with E-state index < -0.39 is 0 Å². The summed E-state index contributed by atoms with van der Waals surface area (Å²) < 4.78 is 5.96. The second-order valence-corrected chi connectivity index (χ2v) is 6.83. The van der Waals surface area contributed by atoms with E-state index in [1.54, 1.807) is 18.2 Å². The van der Waals surface area contributed by atoms with Crippen molar-refractivity contribution >= 4 is 17.5 Å². The van der Waals surface area contributed by atoms with Gasteiger partial charge >= 0.3 is 0 Å². The van der Waals surface area contributed by atoms with E-state index in [1.807, 2.05) is 24.3 Å². The van der Waals surface area contributed by atoms with E-state index in [0.717, 1.165) is 12.8 Å². The lowest BCUT2D eigenvalue weighted by Crippen LogP contribution is -2.25. The number of rotatable bonds is 8. The quantitative estimate of drug-likeness (QED) is 0.638. The van der Waals surface area contributed by atoms with Gasteiger partial charge in [0.2, 0.25) is 5.91 Å². The summed E-state index contributed by atoms with van der Waals surface area (Å²) in [6.07, 6.45) is 1.90. The number of carbonyl (C=O) groups is 2. The lowest BCUT2D eigenvalue weighted by Gasteiger charge is -2.14. The van der Waals surface area contributed by atoms with Gasteiger partial charge in [-0.2, -0.15) is 0 Å². The van der Waals surface area contributed by atoms with Gasteiger partial charge in [-0.05, 0) is 48.2 Å². The fraction of sp³-hybridized carbons (Fsp3) is 0.364. The van der Waals surface area contributed by atoms with Crippen molar-refractivity contribution in [2.24, 2.45) is 0 Å². The van der Waals surface area contributed by atoms with Crippen LogP contribution in [0.4, 0.5) is 5.69 Å². The minimum Gasteiger partial charge on any atom is -0.457 e. The molecular formula is C22H28N2O3. The highest BCUT2D eigenvalue weighted by Crippen LogP contribution is 2.29. The number of nitrogens with one attached hydrogen (secondary N) is 2. The molecule has 0 fully saturated rings. The molecule has 0 aromatic heterocycles. The molecular weight excluding hydrogens is 340 g/mol. The first kappa shape index (κ1) is 20.5. The summed E-state index contributed by atoms with van der Waals surface area (Å²) in [5, 5.41) is 5.60. The van der Waals surface area contributed by atoms with Crippen LogP contribution in [0.15, 0.2) is 42.5 Å². The number of unbranched alkanes of at least 4 members (excludes halogenated alkanes) is 1. The van der Waals surface area contributed by atoms with Crippen molar-refractivity contribution in [2.45, 2.75) is 46.5 Å². The van der Waals surface area contributed by atoms with Gasteiger partial charge < -0.3 is 15.4 Å². The predicted molar refractivity (Wildman–Crippen MR) is 109 cm³/mol. The predicted octanol–water partition coefficient (Wildman–Crippen LogP) is 5.09. The van der Waals surface area contributed by atoms with Crippen LogP contribution in [0, 0.1) is 0 Å². The maximum atomic E-state index is 12.6. The molecule has 0 spiro atoms. The minimum absolute atomic E-state index is 0.190. The van der Waals surface area contributed by atoms with Crippen LogP contribution in [0.1, 0.15) is 62.4 Å². The molecule has 2 aromatic rings. The van der Waals surface area contributed by atoms with Crippen LogP contribution in [0.2, 0.25) is 0 Å². The SMILES string of the molecule is CCCCNC(=O)c1cc(NC(C)=O)ccc1Oc1ccc(C(C)C)cc1. The molecule has 2 rings (SSSR count). The largest absolute Gasteiger partial charge is 0.457 e. The molecule has 0 radical (unpaired) electrons. The number of hydrogen-bond acceptors (Lipinski definition) is 3. The van der Waals surface area contributed by atoms with Crippen LogP contribution < -0.4 is 15.4 Å². The molecule has 2 N–H and O–H groups in total. The Balaban J connectivity index is 2.26. The molecule has 0 aliphatic heterocycles. The Bertz CT molecular complexity index is 783. The molecule has 0 aliphatic carbocycles. The average molecular weight is 368 g/mol. The second kappa shape index (κ2) is 9.76. The maximum Gasteiger partial charge on any atom is 0.255 e. The Labute approximate surface area is 161 Å². The third kappa shape index (κ3) is 6.13. The number of carbonyl (C=O) groups excluding carboxylic acids is 2. The Hall–Kier alpha value is -2.82. The van der Waals surface area contributed by atoms with Gasteiger partial charge in [0.15, 0.2) is 0 Å².